The summed E-state index contributed by atoms with van der Waals surface area (Å²) < 4.78 is 17.2. The monoisotopic (exact) mass is 898 g/mol. The number of likely N-dealkylation sites (N-methyl/N-ethyl adjacent to an activating group) is 1. The van der Waals surface area contributed by atoms with Gasteiger partial charge in [0.2, 0.25) is 0 Å². The van der Waals surface area contributed by atoms with E-state index >= 15 is 0 Å². The Morgan fingerprint density at radius 3 is 1.31 bits per heavy atom. The number of carbonyl (C=O) groups is 3. The molecular weight excluding hydrogens is 799 g/mol. The van der Waals surface area contributed by atoms with E-state index in [0.29, 0.717) is 12.8 Å². The van der Waals surface area contributed by atoms with Crippen LogP contribution in [0.15, 0.2) is 60.8 Å². The molecule has 0 aliphatic rings. The molecule has 0 aromatic rings. The molecule has 370 valence electrons. The second kappa shape index (κ2) is 46.6. The lowest BCUT2D eigenvalue weighted by atomic mass is 10.0. The highest BCUT2D eigenvalue weighted by molar-refractivity contribution is 5.70. The van der Waals surface area contributed by atoms with Crippen LogP contribution in [0.5, 0.6) is 0 Å². The molecule has 8 heteroatoms. The molecular formula is C56H99NO7. The fourth-order valence-corrected chi connectivity index (χ4v) is 7.53. The molecule has 0 aromatic carbocycles. The van der Waals surface area contributed by atoms with Gasteiger partial charge in [0.25, 0.3) is 0 Å². The molecule has 0 heterocycles. The molecule has 2 atom stereocenters. The number of ether oxygens (including phenoxy) is 3. The van der Waals surface area contributed by atoms with Gasteiger partial charge in [0.15, 0.2) is 6.10 Å². The number of quaternary nitrogens is 1. The van der Waals surface area contributed by atoms with E-state index in [4.69, 9.17) is 14.2 Å². The predicted molar refractivity (Wildman–Crippen MR) is 268 cm³/mol. The van der Waals surface area contributed by atoms with Gasteiger partial charge in [0.1, 0.15) is 12.6 Å². The molecule has 0 bridgehead atoms. The zero-order valence-electron chi connectivity index (χ0n) is 42.2. The fraction of sp³-hybridized carbons (Fsp3) is 0.768. The number of aliphatic carboxylic acids is 1. The summed E-state index contributed by atoms with van der Waals surface area (Å²) in [5.41, 5.74) is 0. The van der Waals surface area contributed by atoms with Crippen LogP contribution in [0.25, 0.3) is 0 Å². The van der Waals surface area contributed by atoms with Crippen molar-refractivity contribution in [1.29, 1.82) is 0 Å². The highest BCUT2D eigenvalue weighted by Crippen LogP contribution is 2.15. The van der Waals surface area contributed by atoms with E-state index in [-0.39, 0.29) is 49.1 Å². The van der Waals surface area contributed by atoms with Gasteiger partial charge in [-0.2, -0.15) is 0 Å². The molecule has 0 fully saturated rings. The first-order valence-electron chi connectivity index (χ1n) is 26.3. The van der Waals surface area contributed by atoms with Crippen LogP contribution >= 0.6 is 0 Å². The second-order valence-electron chi connectivity index (χ2n) is 18.8. The van der Waals surface area contributed by atoms with E-state index in [1.807, 2.05) is 0 Å². The van der Waals surface area contributed by atoms with Gasteiger partial charge in [0, 0.05) is 19.3 Å². The van der Waals surface area contributed by atoms with Gasteiger partial charge in [-0.3, -0.25) is 9.59 Å². The lowest BCUT2D eigenvalue weighted by Gasteiger charge is -2.34. The molecule has 0 aliphatic carbocycles. The Kier molecular flexibility index (Phi) is 44.4. The smallest absolute Gasteiger partial charge is 0.306 e. The third kappa shape index (κ3) is 44.2. The van der Waals surface area contributed by atoms with Crippen LogP contribution in [0.4, 0.5) is 0 Å². The number of hydrogen-bond donors (Lipinski definition) is 0. The predicted octanol–water partition coefficient (Wildman–Crippen LogP) is 14.0. The highest BCUT2D eigenvalue weighted by atomic mass is 16.6. The maximum atomic E-state index is 12.7. The van der Waals surface area contributed by atoms with E-state index < -0.39 is 18.1 Å². The number of allylic oxidation sites excluding steroid dienone is 10. The number of hydrogen-bond acceptors (Lipinski definition) is 7. The summed E-state index contributed by atoms with van der Waals surface area (Å²) in [7, 11) is 5.39. The first-order valence-corrected chi connectivity index (χ1v) is 26.3. The van der Waals surface area contributed by atoms with Crippen molar-refractivity contribution in [2.45, 2.75) is 238 Å². The number of carboxylic acids is 1. The van der Waals surface area contributed by atoms with E-state index in [9.17, 15) is 19.5 Å². The van der Waals surface area contributed by atoms with Crippen LogP contribution in [-0.2, 0) is 28.6 Å². The summed E-state index contributed by atoms with van der Waals surface area (Å²) in [5.74, 6) is -1.81. The Balaban J connectivity index is 4.28. The van der Waals surface area contributed by atoms with Gasteiger partial charge in [0.05, 0.1) is 40.3 Å². The largest absolute Gasteiger partial charge is 0.544 e. The van der Waals surface area contributed by atoms with E-state index in [1.165, 1.54) is 141 Å². The molecule has 64 heavy (non-hydrogen) atoms. The second-order valence-corrected chi connectivity index (χ2v) is 18.8. The highest BCUT2D eigenvalue weighted by Gasteiger charge is 2.25. The third-order valence-electron chi connectivity index (χ3n) is 11.6. The van der Waals surface area contributed by atoms with Gasteiger partial charge in [-0.15, -0.1) is 0 Å². The molecule has 0 aliphatic heterocycles. The minimum atomic E-state index is -1.13. The molecule has 0 saturated heterocycles. The summed E-state index contributed by atoms with van der Waals surface area (Å²) >= 11 is 0. The number of carboxylic acid groups (broad SMARTS) is 1. The normalized spacial score (nSPS) is 13.3. The van der Waals surface area contributed by atoms with Crippen molar-refractivity contribution in [2.75, 3.05) is 41.0 Å². The van der Waals surface area contributed by atoms with Crippen molar-refractivity contribution in [3.8, 4) is 0 Å². The van der Waals surface area contributed by atoms with E-state index in [0.717, 1.165) is 44.9 Å². The summed E-state index contributed by atoms with van der Waals surface area (Å²) in [6.45, 7) is 4.59. The molecule has 0 radical (unpaired) electrons. The average Bonchev–Trinajstić information content (AvgIpc) is 3.26. The van der Waals surface area contributed by atoms with Gasteiger partial charge >= 0.3 is 11.9 Å². The van der Waals surface area contributed by atoms with Crippen molar-refractivity contribution < 1.29 is 38.2 Å². The molecule has 0 N–H and O–H groups in total. The zero-order chi connectivity index (χ0) is 47.0. The molecule has 0 rings (SSSR count). The van der Waals surface area contributed by atoms with E-state index in [2.05, 4.69) is 74.6 Å². The van der Waals surface area contributed by atoms with Crippen LogP contribution in [-0.4, -0.2) is 75.5 Å². The van der Waals surface area contributed by atoms with Crippen molar-refractivity contribution in [3.05, 3.63) is 60.8 Å². The van der Waals surface area contributed by atoms with E-state index in [1.54, 1.807) is 21.1 Å². The molecule has 2 unspecified atom stereocenters. The Labute approximate surface area is 394 Å². The number of esters is 2. The Morgan fingerprint density at radius 2 is 0.844 bits per heavy atom. The average molecular weight is 898 g/mol. The first kappa shape index (κ1) is 61.0. The third-order valence-corrected chi connectivity index (χ3v) is 11.6. The molecule has 0 aromatic heterocycles. The Bertz CT molecular complexity index is 1230. The number of unbranched alkanes of at least 4 members (excludes halogenated alkanes) is 23. The van der Waals surface area contributed by atoms with Crippen LogP contribution < -0.4 is 5.11 Å². The van der Waals surface area contributed by atoms with Crippen LogP contribution in [0, 0.1) is 0 Å². The van der Waals surface area contributed by atoms with Gasteiger partial charge in [-0.05, 0) is 77.0 Å². The van der Waals surface area contributed by atoms with Crippen LogP contribution in [0.3, 0.4) is 0 Å². The summed E-state index contributed by atoms with van der Waals surface area (Å²) in [4.78, 5) is 37.0. The summed E-state index contributed by atoms with van der Waals surface area (Å²) in [5, 5.41) is 11.7. The lowest BCUT2D eigenvalue weighted by molar-refractivity contribution is -0.889. The maximum Gasteiger partial charge on any atom is 0.306 e. The van der Waals surface area contributed by atoms with Gasteiger partial charge in [-0.25, -0.2) is 0 Å². The standard InChI is InChI=1S/C56H99NO7/c1-6-8-10-12-14-16-18-20-22-24-25-26-27-28-29-31-32-34-36-38-40-42-44-46-54(58)63-51-52(50-62-49-48-53(56(60)61)57(3,4)5)64-55(59)47-45-43-41-39-37-35-33-30-23-21-19-17-15-13-11-9-7-2/h15,17,21,23,28-29,33,35,39,41,52-53H,6-14,16,18-20,22,24-27,30-32,34,36-38,40,42-51H2,1-5H3/b17-15+,23-21+,29-28+,35-33+,41-39+. The zero-order valence-corrected chi connectivity index (χ0v) is 42.2. The quantitative estimate of drug-likeness (QED) is 0.0259. The van der Waals surface area contributed by atoms with Gasteiger partial charge < -0.3 is 28.6 Å². The Hall–Kier alpha value is -2.97. The molecule has 0 spiro atoms. The SMILES string of the molecule is CCCCC/C=C/C/C=C/C/C=C/C/C=C/CCCC(=O)OC(COCCC(C(=O)[O-])[N+](C)(C)C)COC(=O)CCCCCCCCC/C=C/CCCCCCCCCCCCCC. The maximum absolute atomic E-state index is 12.7. The van der Waals surface area contributed by atoms with Crippen LogP contribution in [0.1, 0.15) is 226 Å². The first-order chi connectivity index (χ1) is 31.1. The number of carbonyl (C=O) groups excluding carboxylic acids is 3. The molecule has 0 saturated carbocycles. The lowest BCUT2D eigenvalue weighted by Crippen LogP contribution is -2.55. The van der Waals surface area contributed by atoms with Gasteiger partial charge in [-0.1, -0.05) is 190 Å². The van der Waals surface area contributed by atoms with Crippen molar-refractivity contribution >= 4 is 17.9 Å². The summed E-state index contributed by atoms with van der Waals surface area (Å²) in [6.07, 6.45) is 58.4. The number of rotatable bonds is 47. The van der Waals surface area contributed by atoms with Crippen molar-refractivity contribution in [2.24, 2.45) is 0 Å². The number of nitrogens with zero attached hydrogens (tertiary/aromatic N) is 1. The fourth-order valence-electron chi connectivity index (χ4n) is 7.53. The Morgan fingerprint density at radius 1 is 0.469 bits per heavy atom. The topological polar surface area (TPSA) is 102 Å². The minimum absolute atomic E-state index is 0.0162. The summed E-state index contributed by atoms with van der Waals surface area (Å²) in [6, 6.07) is -0.739. The van der Waals surface area contributed by atoms with Crippen molar-refractivity contribution in [1.82, 2.24) is 0 Å². The minimum Gasteiger partial charge on any atom is -0.544 e. The molecule has 8 nitrogen and oxygen atoms in total. The van der Waals surface area contributed by atoms with Crippen molar-refractivity contribution in [3.63, 3.8) is 0 Å². The molecule has 0 amide bonds. The van der Waals surface area contributed by atoms with Crippen LogP contribution in [0.2, 0.25) is 0 Å².